The predicted molar refractivity (Wildman–Crippen MR) is 63.5 cm³/mol. The highest BCUT2D eigenvalue weighted by Gasteiger charge is 2.18. The lowest BCUT2D eigenvalue weighted by Crippen LogP contribution is -2.14. The second kappa shape index (κ2) is 4.70. The van der Waals surface area contributed by atoms with E-state index in [4.69, 9.17) is 5.73 Å². The van der Waals surface area contributed by atoms with Crippen LogP contribution < -0.4 is 5.73 Å². The molecule has 0 spiro atoms. The number of hydrogen-bond donors (Lipinski definition) is 1. The molecule has 0 radical (unpaired) electrons. The number of nitrogens with two attached hydrogens (primary N) is 1. The molecule has 4 heteroatoms. The van der Waals surface area contributed by atoms with Crippen LogP contribution in [0.2, 0.25) is 0 Å². The average Bonchev–Trinajstić information content (AvgIpc) is 2.78. The van der Waals surface area contributed by atoms with E-state index in [0.29, 0.717) is 12.1 Å². The van der Waals surface area contributed by atoms with Gasteiger partial charge in [0.1, 0.15) is 5.84 Å². The zero-order chi connectivity index (χ0) is 11.4. The summed E-state index contributed by atoms with van der Waals surface area (Å²) >= 11 is 0. The van der Waals surface area contributed by atoms with Crippen molar-refractivity contribution in [1.82, 2.24) is 0 Å². The van der Waals surface area contributed by atoms with Crippen molar-refractivity contribution >= 4 is 18.0 Å². The molecule has 16 heavy (non-hydrogen) atoms. The number of aliphatic imine (C=N–C) groups is 2. The van der Waals surface area contributed by atoms with E-state index < -0.39 is 0 Å². The van der Waals surface area contributed by atoms with Crippen molar-refractivity contribution in [2.24, 2.45) is 15.7 Å². The van der Waals surface area contributed by atoms with Crippen LogP contribution in [0.5, 0.6) is 0 Å². The number of benzene rings is 1. The van der Waals surface area contributed by atoms with Crippen LogP contribution in [-0.2, 0) is 4.79 Å². The van der Waals surface area contributed by atoms with Crippen molar-refractivity contribution in [2.75, 3.05) is 0 Å². The maximum absolute atomic E-state index is 10.3. The van der Waals surface area contributed by atoms with Crippen molar-refractivity contribution in [2.45, 2.75) is 18.9 Å². The van der Waals surface area contributed by atoms with Crippen LogP contribution >= 0.6 is 0 Å². The monoisotopic (exact) mass is 215 g/mol. The van der Waals surface area contributed by atoms with Crippen molar-refractivity contribution in [3.8, 4) is 0 Å². The Kier molecular flexibility index (Phi) is 3.10. The standard InChI is InChI=1S/C12H13N3O/c13-11(8-16)15-12-7-6-10(14-12)9-4-2-1-3-5-9/h1-5,8,10H,6-7H2,(H2,13,14,15). The smallest absolute Gasteiger partial charge is 0.184 e. The largest absolute Gasteiger partial charge is 0.381 e. The van der Waals surface area contributed by atoms with Gasteiger partial charge < -0.3 is 5.73 Å². The molecule has 1 aromatic rings. The summed E-state index contributed by atoms with van der Waals surface area (Å²) in [5, 5.41) is 0. The van der Waals surface area contributed by atoms with Crippen LogP contribution in [0, 0.1) is 0 Å². The van der Waals surface area contributed by atoms with Gasteiger partial charge in [0.15, 0.2) is 12.1 Å². The Morgan fingerprint density at radius 3 is 2.88 bits per heavy atom. The third-order valence-corrected chi connectivity index (χ3v) is 2.51. The van der Waals surface area contributed by atoms with Gasteiger partial charge in [-0.25, -0.2) is 4.99 Å². The van der Waals surface area contributed by atoms with Crippen LogP contribution in [0.3, 0.4) is 0 Å². The van der Waals surface area contributed by atoms with Gasteiger partial charge in [-0.1, -0.05) is 30.3 Å². The van der Waals surface area contributed by atoms with Gasteiger partial charge >= 0.3 is 0 Å². The molecule has 0 saturated heterocycles. The van der Waals surface area contributed by atoms with E-state index >= 15 is 0 Å². The molecule has 2 rings (SSSR count). The first-order valence-electron chi connectivity index (χ1n) is 5.20. The Hall–Kier alpha value is -1.97. The van der Waals surface area contributed by atoms with Crippen molar-refractivity contribution in [1.29, 1.82) is 0 Å². The number of carbonyl (C=O) groups excluding carboxylic acids is 1. The minimum absolute atomic E-state index is 0.00698. The Bertz CT molecular complexity index is 437. The molecular formula is C12H13N3O. The Morgan fingerprint density at radius 1 is 1.44 bits per heavy atom. The zero-order valence-electron chi connectivity index (χ0n) is 8.84. The fraction of sp³-hybridized carbons (Fsp3) is 0.250. The van der Waals surface area contributed by atoms with E-state index in [2.05, 4.69) is 9.98 Å². The topological polar surface area (TPSA) is 67.8 Å². The molecule has 0 saturated carbocycles. The molecule has 0 aliphatic carbocycles. The second-order valence-electron chi connectivity index (χ2n) is 3.67. The lowest BCUT2D eigenvalue weighted by molar-refractivity contribution is -0.102. The molecule has 0 amide bonds. The van der Waals surface area contributed by atoms with E-state index in [1.807, 2.05) is 30.3 Å². The molecule has 1 aliphatic heterocycles. The number of amidine groups is 2. The minimum atomic E-state index is -0.00698. The van der Waals surface area contributed by atoms with Gasteiger partial charge in [0, 0.05) is 6.42 Å². The van der Waals surface area contributed by atoms with Gasteiger partial charge in [-0.3, -0.25) is 9.79 Å². The molecule has 1 unspecified atom stereocenters. The molecule has 1 atom stereocenters. The minimum Gasteiger partial charge on any atom is -0.381 e. The molecule has 2 N–H and O–H groups in total. The SMILES string of the molecule is NC(C=O)=NC1=NC(c2ccccc2)CC1. The fourth-order valence-corrected chi connectivity index (χ4v) is 1.75. The Morgan fingerprint density at radius 2 is 2.19 bits per heavy atom. The Labute approximate surface area is 93.9 Å². The first-order valence-corrected chi connectivity index (χ1v) is 5.20. The summed E-state index contributed by atoms with van der Waals surface area (Å²) in [7, 11) is 0. The van der Waals surface area contributed by atoms with Crippen molar-refractivity contribution < 1.29 is 4.79 Å². The van der Waals surface area contributed by atoms with Crippen LogP contribution in [0.4, 0.5) is 0 Å². The highest BCUT2D eigenvalue weighted by atomic mass is 16.1. The van der Waals surface area contributed by atoms with E-state index in [0.717, 1.165) is 12.8 Å². The number of nitrogens with zero attached hydrogens (tertiary/aromatic N) is 2. The Balaban J connectivity index is 2.15. The van der Waals surface area contributed by atoms with Crippen LogP contribution in [0.25, 0.3) is 0 Å². The summed E-state index contributed by atoms with van der Waals surface area (Å²) in [6.45, 7) is 0. The molecule has 4 nitrogen and oxygen atoms in total. The quantitative estimate of drug-likeness (QED) is 0.461. The molecule has 1 aromatic carbocycles. The summed E-state index contributed by atoms with van der Waals surface area (Å²) < 4.78 is 0. The summed E-state index contributed by atoms with van der Waals surface area (Å²) in [5.41, 5.74) is 6.52. The van der Waals surface area contributed by atoms with Gasteiger partial charge in [0.05, 0.1) is 6.04 Å². The first kappa shape index (κ1) is 10.5. The summed E-state index contributed by atoms with van der Waals surface area (Å²) in [5.74, 6) is 0.658. The highest BCUT2D eigenvalue weighted by molar-refractivity contribution is 6.28. The molecule has 0 bridgehead atoms. The molecule has 1 heterocycles. The summed E-state index contributed by atoms with van der Waals surface area (Å²) in [6, 6.07) is 10.2. The first-order chi connectivity index (χ1) is 7.79. The third-order valence-electron chi connectivity index (χ3n) is 2.51. The van der Waals surface area contributed by atoms with Crippen molar-refractivity contribution in [3.05, 3.63) is 35.9 Å². The second-order valence-corrected chi connectivity index (χ2v) is 3.67. The average molecular weight is 215 g/mol. The van der Waals surface area contributed by atoms with Gasteiger partial charge in [-0.2, -0.15) is 0 Å². The van der Waals surface area contributed by atoms with Gasteiger partial charge in [-0.05, 0) is 12.0 Å². The summed E-state index contributed by atoms with van der Waals surface area (Å²) in [4.78, 5) is 18.7. The molecule has 0 aromatic heterocycles. The van der Waals surface area contributed by atoms with E-state index in [1.165, 1.54) is 5.56 Å². The fourth-order valence-electron chi connectivity index (χ4n) is 1.75. The predicted octanol–water partition coefficient (Wildman–Crippen LogP) is 1.48. The summed E-state index contributed by atoms with van der Waals surface area (Å²) in [6.07, 6.45) is 2.24. The van der Waals surface area contributed by atoms with Gasteiger partial charge in [-0.15, -0.1) is 0 Å². The maximum Gasteiger partial charge on any atom is 0.184 e. The van der Waals surface area contributed by atoms with Crippen LogP contribution in [0.1, 0.15) is 24.4 Å². The lowest BCUT2D eigenvalue weighted by Gasteiger charge is -2.04. The van der Waals surface area contributed by atoms with Crippen molar-refractivity contribution in [3.63, 3.8) is 0 Å². The zero-order valence-corrected chi connectivity index (χ0v) is 8.84. The van der Waals surface area contributed by atoms with Crippen LogP contribution in [0.15, 0.2) is 40.3 Å². The molecule has 82 valence electrons. The van der Waals surface area contributed by atoms with Crippen LogP contribution in [-0.4, -0.2) is 18.0 Å². The van der Waals surface area contributed by atoms with Gasteiger partial charge in [0.2, 0.25) is 0 Å². The third kappa shape index (κ3) is 2.34. The number of rotatable bonds is 2. The molecular weight excluding hydrogens is 202 g/mol. The number of hydrogen-bond acceptors (Lipinski definition) is 3. The number of carbonyl (C=O) groups is 1. The molecule has 1 aliphatic rings. The maximum atomic E-state index is 10.3. The van der Waals surface area contributed by atoms with E-state index in [1.54, 1.807) is 0 Å². The van der Waals surface area contributed by atoms with E-state index in [9.17, 15) is 4.79 Å². The van der Waals surface area contributed by atoms with E-state index in [-0.39, 0.29) is 11.9 Å². The normalized spacial score (nSPS) is 20.6. The highest BCUT2D eigenvalue weighted by Crippen LogP contribution is 2.28. The number of aldehydes is 1. The molecule has 0 fully saturated rings. The van der Waals surface area contributed by atoms with Gasteiger partial charge in [0.25, 0.3) is 0 Å². The lowest BCUT2D eigenvalue weighted by atomic mass is 10.1.